The van der Waals surface area contributed by atoms with Crippen LogP contribution in [0.25, 0.3) is 0 Å². The average Bonchev–Trinajstić information content (AvgIpc) is 4.09. The average molecular weight is 757 g/mol. The van der Waals surface area contributed by atoms with Crippen molar-refractivity contribution in [3.05, 3.63) is 84.6 Å². The fourth-order valence-electron chi connectivity index (χ4n) is 14.4. The Hall–Kier alpha value is -1.82. The summed E-state index contributed by atoms with van der Waals surface area (Å²) in [5, 5.41) is 0. The highest BCUT2D eigenvalue weighted by molar-refractivity contribution is 5.26. The maximum absolute atomic E-state index is 2.51. The van der Waals surface area contributed by atoms with E-state index in [9.17, 15) is 0 Å². The lowest BCUT2D eigenvalue weighted by Crippen LogP contribution is -2.09. The Balaban J connectivity index is 0.000000103. The molecule has 12 bridgehead atoms. The monoisotopic (exact) mass is 757 g/mol. The van der Waals surface area contributed by atoms with Crippen molar-refractivity contribution >= 4 is 0 Å². The molecule has 0 aromatic rings. The quantitative estimate of drug-likeness (QED) is 0.145. The second-order valence-corrected chi connectivity index (χ2v) is 21.5. The smallest absolute Gasteiger partial charge is 0.00174 e. The molecule has 0 aliphatic heterocycles. The van der Waals surface area contributed by atoms with Crippen molar-refractivity contribution < 1.29 is 0 Å². The molecule has 56 heavy (non-hydrogen) atoms. The highest BCUT2D eigenvalue weighted by Gasteiger charge is 2.38. The van der Waals surface area contributed by atoms with Gasteiger partial charge < -0.3 is 0 Å². The summed E-state index contributed by atoms with van der Waals surface area (Å²) in [4.78, 5) is 0. The SMILES string of the molecule is C/C=C1\CC2C=CC1C2.C1=CC2CC1CC2CCCCC1CC2C=CC1C2.C1=CC2CCC1C2.CCC1CC2C=CC1C2.CCCCCCC1CC2C=CC1C2. The van der Waals surface area contributed by atoms with E-state index in [0.717, 1.165) is 94.7 Å². The van der Waals surface area contributed by atoms with Crippen molar-refractivity contribution in [3.63, 3.8) is 0 Å². The van der Waals surface area contributed by atoms with Crippen LogP contribution in [0.5, 0.6) is 0 Å². The van der Waals surface area contributed by atoms with Gasteiger partial charge in [0.15, 0.2) is 0 Å². The summed E-state index contributed by atoms with van der Waals surface area (Å²) < 4.78 is 0. The minimum absolute atomic E-state index is 0.833. The third kappa shape index (κ3) is 10.5. The Labute approximate surface area is 346 Å². The zero-order chi connectivity index (χ0) is 38.3. The summed E-state index contributed by atoms with van der Waals surface area (Å²) in [6.07, 6.45) is 65.4. The number of hydrogen-bond donors (Lipinski definition) is 0. The van der Waals surface area contributed by atoms with Crippen LogP contribution < -0.4 is 0 Å². The first-order valence-electron chi connectivity index (χ1n) is 25.3. The summed E-state index contributed by atoms with van der Waals surface area (Å²) in [6.45, 7) is 6.77. The van der Waals surface area contributed by atoms with E-state index < -0.39 is 0 Å². The fraction of sp³-hybridized carbons (Fsp3) is 0.750. The van der Waals surface area contributed by atoms with E-state index in [1.165, 1.54) is 148 Å². The van der Waals surface area contributed by atoms with Crippen molar-refractivity contribution in [3.8, 4) is 0 Å². The molecule has 0 radical (unpaired) electrons. The molecular weight excluding hydrogens is 673 g/mol. The first kappa shape index (κ1) is 40.9. The Kier molecular flexibility index (Phi) is 14.6. The summed E-state index contributed by atoms with van der Waals surface area (Å²) in [7, 11) is 0. The topological polar surface area (TPSA) is 0 Å². The number of unbranched alkanes of at least 4 members (excludes halogenated alkanes) is 4. The Morgan fingerprint density at radius 2 is 0.839 bits per heavy atom. The molecule has 0 saturated heterocycles. The second kappa shape index (κ2) is 20.0. The molecule has 0 N–H and O–H groups in total. The van der Waals surface area contributed by atoms with Crippen LogP contribution in [-0.4, -0.2) is 0 Å². The first-order valence-corrected chi connectivity index (χ1v) is 25.3. The minimum Gasteiger partial charge on any atom is -0.0878 e. The van der Waals surface area contributed by atoms with Crippen molar-refractivity contribution in [1.82, 2.24) is 0 Å². The Bertz CT molecular complexity index is 1400. The number of fused-ring (bicyclic) bond motifs is 12. The van der Waals surface area contributed by atoms with Gasteiger partial charge in [-0.25, -0.2) is 0 Å². The van der Waals surface area contributed by atoms with Crippen molar-refractivity contribution in [2.45, 2.75) is 168 Å². The molecule has 0 amide bonds. The molecule has 0 heterocycles. The highest BCUT2D eigenvalue weighted by Crippen LogP contribution is 2.49. The molecule has 308 valence electrons. The van der Waals surface area contributed by atoms with Gasteiger partial charge in [0, 0.05) is 0 Å². The molecule has 6 fully saturated rings. The molecule has 0 heteroatoms. The van der Waals surface area contributed by atoms with Crippen LogP contribution in [0, 0.1) is 94.7 Å². The summed E-state index contributed by atoms with van der Waals surface area (Å²) in [5.41, 5.74) is 1.67. The maximum Gasteiger partial charge on any atom is -0.00174 e. The standard InChI is InChI=1S/C18H26.C13H22.C9H14.C9H12.C7H10/c1(3-15-9-13-5-7-17(15)11-13)2-4-16-10-14-6-8-18(16)12-14;1-2-3-4-5-6-12-9-11-7-8-13(12)10-11;2*1-2-8-5-7-3-4-9(8)6-7;1-2-7-4-3-6(1)5-7/h5-8,13-18H,1-4,9-12H2;7-8,11-13H,2-6,9-10H2,1H3;3-4,7-9H,2,5-6H2,1H3;2-4,7,9H,5-6H2,1H3;1-2,6-7H,3-5H2/b;;;8-2+;. The van der Waals surface area contributed by atoms with Crippen molar-refractivity contribution in [2.24, 2.45) is 94.7 Å². The van der Waals surface area contributed by atoms with E-state index in [4.69, 9.17) is 0 Å². The third-order valence-electron chi connectivity index (χ3n) is 17.7. The molecule has 12 rings (SSSR count). The van der Waals surface area contributed by atoms with Crippen LogP contribution in [0.4, 0.5) is 0 Å². The van der Waals surface area contributed by atoms with E-state index in [-0.39, 0.29) is 0 Å². The Morgan fingerprint density at radius 3 is 1.09 bits per heavy atom. The number of allylic oxidation sites excluding steroid dienone is 14. The van der Waals surface area contributed by atoms with Gasteiger partial charge in [-0.1, -0.05) is 143 Å². The molecule has 0 aromatic carbocycles. The van der Waals surface area contributed by atoms with Crippen LogP contribution >= 0.6 is 0 Å². The molecule has 16 atom stereocenters. The zero-order valence-corrected chi connectivity index (χ0v) is 36.5. The third-order valence-corrected chi connectivity index (χ3v) is 17.7. The van der Waals surface area contributed by atoms with Crippen molar-refractivity contribution in [1.29, 1.82) is 0 Å². The van der Waals surface area contributed by atoms with Gasteiger partial charge in [-0.05, 0) is 204 Å². The van der Waals surface area contributed by atoms with Gasteiger partial charge in [-0.2, -0.15) is 0 Å². The van der Waals surface area contributed by atoms with Gasteiger partial charge >= 0.3 is 0 Å². The molecule has 6 saturated carbocycles. The molecule has 0 aromatic heterocycles. The minimum atomic E-state index is 0.833. The zero-order valence-electron chi connectivity index (χ0n) is 36.5. The van der Waals surface area contributed by atoms with E-state index in [2.05, 4.69) is 99.8 Å². The predicted molar refractivity (Wildman–Crippen MR) is 242 cm³/mol. The summed E-state index contributed by atoms with van der Waals surface area (Å²) in [6, 6.07) is 0. The van der Waals surface area contributed by atoms with E-state index in [0.29, 0.717) is 0 Å². The van der Waals surface area contributed by atoms with Crippen LogP contribution in [0.3, 0.4) is 0 Å². The van der Waals surface area contributed by atoms with Gasteiger partial charge in [0.2, 0.25) is 0 Å². The normalized spacial score (nSPS) is 43.7. The van der Waals surface area contributed by atoms with Gasteiger partial charge in [-0.15, -0.1) is 0 Å². The van der Waals surface area contributed by atoms with E-state index in [1.807, 2.05) is 0 Å². The first-order chi connectivity index (χ1) is 27.5. The Morgan fingerprint density at radius 1 is 0.411 bits per heavy atom. The summed E-state index contributed by atoms with van der Waals surface area (Å²) in [5.74, 6) is 15.7. The number of rotatable bonds is 11. The summed E-state index contributed by atoms with van der Waals surface area (Å²) >= 11 is 0. The molecule has 12 aliphatic rings. The molecule has 12 aliphatic carbocycles. The lowest BCUT2D eigenvalue weighted by atomic mass is 9.85. The van der Waals surface area contributed by atoms with Gasteiger partial charge in [-0.3, -0.25) is 0 Å². The molecule has 16 unspecified atom stereocenters. The fourth-order valence-corrected chi connectivity index (χ4v) is 14.4. The molecule has 0 spiro atoms. The second-order valence-electron chi connectivity index (χ2n) is 21.5. The van der Waals surface area contributed by atoms with Crippen LogP contribution in [0.2, 0.25) is 0 Å². The lowest BCUT2D eigenvalue weighted by Gasteiger charge is -2.20. The lowest BCUT2D eigenvalue weighted by molar-refractivity contribution is 0.360. The van der Waals surface area contributed by atoms with E-state index >= 15 is 0 Å². The van der Waals surface area contributed by atoms with Crippen LogP contribution in [-0.2, 0) is 0 Å². The van der Waals surface area contributed by atoms with Crippen molar-refractivity contribution in [2.75, 3.05) is 0 Å². The van der Waals surface area contributed by atoms with E-state index in [1.54, 1.807) is 5.57 Å². The van der Waals surface area contributed by atoms with Gasteiger partial charge in [0.25, 0.3) is 0 Å². The largest absolute Gasteiger partial charge is 0.0878 e. The number of hydrogen-bond acceptors (Lipinski definition) is 0. The van der Waals surface area contributed by atoms with Gasteiger partial charge in [0.05, 0.1) is 0 Å². The predicted octanol–water partition coefficient (Wildman–Crippen LogP) is 16.2. The van der Waals surface area contributed by atoms with Crippen LogP contribution in [0.15, 0.2) is 84.6 Å². The van der Waals surface area contributed by atoms with Gasteiger partial charge in [0.1, 0.15) is 0 Å². The highest BCUT2D eigenvalue weighted by atomic mass is 14.4. The molecule has 0 nitrogen and oxygen atoms in total. The maximum atomic E-state index is 2.51. The molecular formula is C56H84. The van der Waals surface area contributed by atoms with Crippen LogP contribution in [0.1, 0.15) is 168 Å².